The van der Waals surface area contributed by atoms with Gasteiger partial charge in [-0.15, -0.1) is 0 Å². The first-order valence-corrected chi connectivity index (χ1v) is 7.10. The van der Waals surface area contributed by atoms with Gasteiger partial charge >= 0.3 is 0 Å². The van der Waals surface area contributed by atoms with Gasteiger partial charge in [0, 0.05) is 24.7 Å². The van der Waals surface area contributed by atoms with Crippen LogP contribution in [0.4, 0.5) is 4.39 Å². The van der Waals surface area contributed by atoms with E-state index < -0.39 is 0 Å². The highest BCUT2D eigenvalue weighted by Gasteiger charge is 2.17. The molecule has 20 heavy (non-hydrogen) atoms. The molecule has 1 aliphatic rings. The minimum absolute atomic E-state index is 0.139. The van der Waals surface area contributed by atoms with E-state index in [1.54, 1.807) is 6.07 Å². The second-order valence-corrected chi connectivity index (χ2v) is 5.19. The van der Waals surface area contributed by atoms with E-state index in [4.69, 9.17) is 0 Å². The van der Waals surface area contributed by atoms with E-state index in [2.05, 4.69) is 34.9 Å². The molecule has 0 bridgehead atoms. The molecule has 2 N–H and O–H groups in total. The lowest BCUT2D eigenvalue weighted by molar-refractivity contribution is 0.486. The minimum Gasteiger partial charge on any atom is -0.313 e. The molecule has 0 aromatic heterocycles. The molecule has 104 valence electrons. The molecule has 0 radical (unpaired) electrons. The molecular weight excluding hydrogens is 251 g/mol. The zero-order valence-electron chi connectivity index (χ0n) is 11.4. The van der Waals surface area contributed by atoms with Crippen molar-refractivity contribution < 1.29 is 4.39 Å². The van der Waals surface area contributed by atoms with Gasteiger partial charge in [-0.3, -0.25) is 0 Å². The lowest BCUT2D eigenvalue weighted by Crippen LogP contribution is -2.23. The maximum atomic E-state index is 13.7. The van der Waals surface area contributed by atoms with Gasteiger partial charge in [-0.05, 0) is 30.2 Å². The predicted molar refractivity (Wildman–Crippen MR) is 78.7 cm³/mol. The molecular formula is C17H19FN2. The van der Waals surface area contributed by atoms with Crippen molar-refractivity contribution in [2.24, 2.45) is 0 Å². The van der Waals surface area contributed by atoms with Gasteiger partial charge in [-0.25, -0.2) is 4.39 Å². The zero-order valence-corrected chi connectivity index (χ0v) is 11.4. The Morgan fingerprint density at radius 2 is 1.90 bits per heavy atom. The maximum Gasteiger partial charge on any atom is 0.127 e. The van der Waals surface area contributed by atoms with Crippen LogP contribution in [0.5, 0.6) is 0 Å². The van der Waals surface area contributed by atoms with E-state index in [0.29, 0.717) is 6.54 Å². The second-order valence-electron chi connectivity index (χ2n) is 5.19. The van der Waals surface area contributed by atoms with E-state index in [1.165, 1.54) is 17.2 Å². The molecule has 1 atom stereocenters. The molecule has 0 saturated carbocycles. The molecule has 3 heteroatoms. The number of benzene rings is 2. The summed E-state index contributed by atoms with van der Waals surface area (Å²) in [5.41, 5.74) is 3.38. The Morgan fingerprint density at radius 1 is 1.10 bits per heavy atom. The summed E-state index contributed by atoms with van der Waals surface area (Å²) in [5.74, 6) is -0.139. The largest absolute Gasteiger partial charge is 0.313 e. The summed E-state index contributed by atoms with van der Waals surface area (Å²) in [5, 5.41) is 6.92. The highest BCUT2D eigenvalue weighted by molar-refractivity contribution is 5.31. The molecule has 0 spiro atoms. The average molecular weight is 270 g/mol. The third-order valence-corrected chi connectivity index (χ3v) is 3.85. The zero-order chi connectivity index (χ0) is 13.8. The summed E-state index contributed by atoms with van der Waals surface area (Å²) in [7, 11) is 0. The van der Waals surface area contributed by atoms with Crippen LogP contribution < -0.4 is 10.6 Å². The van der Waals surface area contributed by atoms with Gasteiger partial charge in [0.2, 0.25) is 0 Å². The highest BCUT2D eigenvalue weighted by Crippen LogP contribution is 2.24. The molecule has 0 aliphatic carbocycles. The second kappa shape index (κ2) is 6.16. The smallest absolute Gasteiger partial charge is 0.127 e. The van der Waals surface area contributed by atoms with E-state index in [1.807, 2.05) is 12.1 Å². The molecule has 3 rings (SSSR count). The number of hydrogen-bond acceptors (Lipinski definition) is 2. The lowest BCUT2D eigenvalue weighted by atomic mass is 9.99. The average Bonchev–Trinajstić information content (AvgIpc) is 2.69. The SMILES string of the molecule is Fc1ccccc1CNC1CCNCc2ccccc21. The quantitative estimate of drug-likeness (QED) is 0.895. The third kappa shape index (κ3) is 2.89. The van der Waals surface area contributed by atoms with E-state index >= 15 is 0 Å². The molecule has 0 fully saturated rings. The standard InChI is InChI=1S/C17H19FN2/c18-16-8-4-2-6-14(16)12-20-17-9-10-19-11-13-5-1-3-7-15(13)17/h1-8,17,19-20H,9-12H2. The van der Waals surface area contributed by atoms with Crippen molar-refractivity contribution in [3.05, 3.63) is 71.0 Å². The predicted octanol–water partition coefficient (Wildman–Crippen LogP) is 3.15. The number of fused-ring (bicyclic) bond motifs is 1. The molecule has 1 aliphatic heterocycles. The molecule has 1 heterocycles. The van der Waals surface area contributed by atoms with Crippen molar-refractivity contribution >= 4 is 0 Å². The first kappa shape index (κ1) is 13.3. The summed E-state index contributed by atoms with van der Waals surface area (Å²) in [6.45, 7) is 2.45. The highest BCUT2D eigenvalue weighted by atomic mass is 19.1. The van der Waals surface area contributed by atoms with Gasteiger partial charge in [0.15, 0.2) is 0 Å². The minimum atomic E-state index is -0.139. The van der Waals surface area contributed by atoms with E-state index in [9.17, 15) is 4.39 Å². The van der Waals surface area contributed by atoms with Crippen LogP contribution in [0.2, 0.25) is 0 Å². The van der Waals surface area contributed by atoms with E-state index in [0.717, 1.165) is 25.1 Å². The van der Waals surface area contributed by atoms with Crippen molar-refractivity contribution in [1.82, 2.24) is 10.6 Å². The van der Waals surface area contributed by atoms with Crippen LogP contribution in [0.15, 0.2) is 48.5 Å². The van der Waals surface area contributed by atoms with Crippen LogP contribution in [-0.4, -0.2) is 6.54 Å². The topological polar surface area (TPSA) is 24.1 Å². The van der Waals surface area contributed by atoms with Gasteiger partial charge in [0.05, 0.1) is 0 Å². The Kier molecular flexibility index (Phi) is 4.09. The summed E-state index contributed by atoms with van der Waals surface area (Å²) in [6.07, 6.45) is 1.02. The first-order chi connectivity index (χ1) is 9.84. The van der Waals surface area contributed by atoms with E-state index in [-0.39, 0.29) is 11.9 Å². The van der Waals surface area contributed by atoms with Gasteiger partial charge in [0.1, 0.15) is 5.82 Å². The number of rotatable bonds is 3. The maximum absolute atomic E-state index is 13.7. The molecule has 2 aromatic rings. The normalized spacial score (nSPS) is 18.4. The molecule has 2 nitrogen and oxygen atoms in total. The van der Waals surface area contributed by atoms with Crippen molar-refractivity contribution in [2.45, 2.75) is 25.6 Å². The Labute approximate surface area is 119 Å². The monoisotopic (exact) mass is 270 g/mol. The van der Waals surface area contributed by atoms with Gasteiger partial charge < -0.3 is 10.6 Å². The Balaban J connectivity index is 1.76. The van der Waals surface area contributed by atoms with Crippen LogP contribution in [0.3, 0.4) is 0 Å². The van der Waals surface area contributed by atoms with Crippen molar-refractivity contribution in [1.29, 1.82) is 0 Å². The van der Waals surface area contributed by atoms with Gasteiger partial charge in [-0.1, -0.05) is 42.5 Å². The summed E-state index contributed by atoms with van der Waals surface area (Å²) < 4.78 is 13.7. The van der Waals surface area contributed by atoms with Crippen LogP contribution in [0.1, 0.15) is 29.2 Å². The Morgan fingerprint density at radius 3 is 2.80 bits per heavy atom. The summed E-state index contributed by atoms with van der Waals surface area (Å²) in [4.78, 5) is 0. The Bertz CT molecular complexity index is 583. The molecule has 0 saturated heterocycles. The molecule has 2 aromatic carbocycles. The molecule has 0 amide bonds. The van der Waals surface area contributed by atoms with Crippen molar-refractivity contribution in [2.75, 3.05) is 6.54 Å². The summed E-state index contributed by atoms with van der Waals surface area (Å²) >= 11 is 0. The van der Waals surface area contributed by atoms with Crippen molar-refractivity contribution in [3.8, 4) is 0 Å². The summed E-state index contributed by atoms with van der Waals surface area (Å²) in [6, 6.07) is 15.7. The van der Waals surface area contributed by atoms with Crippen LogP contribution in [-0.2, 0) is 13.1 Å². The van der Waals surface area contributed by atoms with Gasteiger partial charge in [-0.2, -0.15) is 0 Å². The fraction of sp³-hybridized carbons (Fsp3) is 0.294. The number of hydrogen-bond donors (Lipinski definition) is 2. The third-order valence-electron chi connectivity index (χ3n) is 3.85. The van der Waals surface area contributed by atoms with Gasteiger partial charge in [0.25, 0.3) is 0 Å². The molecule has 1 unspecified atom stereocenters. The fourth-order valence-corrected chi connectivity index (χ4v) is 2.75. The number of halogens is 1. The van der Waals surface area contributed by atoms with Crippen LogP contribution in [0, 0.1) is 5.82 Å². The van der Waals surface area contributed by atoms with Crippen molar-refractivity contribution in [3.63, 3.8) is 0 Å². The lowest BCUT2D eigenvalue weighted by Gasteiger charge is -2.19. The Hall–Kier alpha value is -1.71. The first-order valence-electron chi connectivity index (χ1n) is 7.10. The number of nitrogens with one attached hydrogen (secondary N) is 2. The fourth-order valence-electron chi connectivity index (χ4n) is 2.75. The van der Waals surface area contributed by atoms with Crippen LogP contribution in [0.25, 0.3) is 0 Å². The van der Waals surface area contributed by atoms with Crippen LogP contribution >= 0.6 is 0 Å².